The van der Waals surface area contributed by atoms with Gasteiger partial charge >= 0.3 is 6.61 Å². The summed E-state index contributed by atoms with van der Waals surface area (Å²) in [5, 5.41) is 19.0. The van der Waals surface area contributed by atoms with Gasteiger partial charge in [0.25, 0.3) is 5.91 Å². The minimum Gasteiger partial charge on any atom is -0.496 e. The van der Waals surface area contributed by atoms with Crippen molar-refractivity contribution in [2.75, 3.05) is 7.11 Å². The maximum atomic E-state index is 13.0. The predicted molar refractivity (Wildman–Crippen MR) is 115 cm³/mol. The van der Waals surface area contributed by atoms with Crippen LogP contribution in [0.3, 0.4) is 0 Å². The molecular formula is C22H18F2N6O3. The van der Waals surface area contributed by atoms with E-state index in [9.17, 15) is 18.8 Å². The Kier molecular flexibility index (Phi) is 5.43. The summed E-state index contributed by atoms with van der Waals surface area (Å²) in [4.78, 5) is 11.9. The van der Waals surface area contributed by atoms with E-state index in [4.69, 9.17) is 10.5 Å². The first-order valence-corrected chi connectivity index (χ1v) is 9.60. The van der Waals surface area contributed by atoms with Gasteiger partial charge in [0.1, 0.15) is 17.1 Å². The van der Waals surface area contributed by atoms with Gasteiger partial charge in [-0.3, -0.25) is 14.2 Å². The number of aromatic nitrogens is 4. The van der Waals surface area contributed by atoms with Crippen molar-refractivity contribution in [3.05, 3.63) is 47.8 Å². The van der Waals surface area contributed by atoms with Crippen LogP contribution in [0.4, 0.5) is 8.78 Å². The van der Waals surface area contributed by atoms with Gasteiger partial charge in [0.2, 0.25) is 0 Å². The topological polar surface area (TPSA) is 121 Å². The Morgan fingerprint density at radius 3 is 2.45 bits per heavy atom. The molecule has 2 heterocycles. The number of carbonyl (C=O) groups excluding carboxylic acids is 1. The Morgan fingerprint density at radius 1 is 1.15 bits per heavy atom. The van der Waals surface area contributed by atoms with E-state index in [1.165, 1.54) is 23.9 Å². The summed E-state index contributed by atoms with van der Waals surface area (Å²) in [7, 11) is 4.72. The minimum atomic E-state index is -3.19. The molecule has 0 atom stereocenters. The van der Waals surface area contributed by atoms with Gasteiger partial charge in [-0.2, -0.15) is 24.2 Å². The minimum absolute atomic E-state index is 0.0458. The van der Waals surface area contributed by atoms with Crippen LogP contribution in [0.25, 0.3) is 33.3 Å². The van der Waals surface area contributed by atoms with Crippen LogP contribution in [-0.2, 0) is 14.1 Å². The van der Waals surface area contributed by atoms with E-state index in [0.29, 0.717) is 27.7 Å². The fourth-order valence-corrected chi connectivity index (χ4v) is 3.80. The van der Waals surface area contributed by atoms with Crippen molar-refractivity contribution in [2.24, 2.45) is 19.8 Å². The number of primary amides is 1. The highest BCUT2D eigenvalue weighted by Crippen LogP contribution is 2.40. The fraction of sp³-hybridized carbons (Fsp3) is 0.182. The Labute approximate surface area is 186 Å². The predicted octanol–water partition coefficient (Wildman–Crippen LogP) is 3.22. The lowest BCUT2D eigenvalue weighted by Crippen LogP contribution is -2.16. The molecule has 9 nitrogen and oxygen atoms in total. The molecule has 2 aromatic heterocycles. The zero-order chi connectivity index (χ0) is 23.9. The molecule has 0 spiro atoms. The van der Waals surface area contributed by atoms with Crippen molar-refractivity contribution >= 4 is 16.8 Å². The highest BCUT2D eigenvalue weighted by atomic mass is 19.3. The third-order valence-electron chi connectivity index (χ3n) is 5.12. The summed E-state index contributed by atoms with van der Waals surface area (Å²) >= 11 is 0. The number of rotatable bonds is 6. The third-order valence-corrected chi connectivity index (χ3v) is 5.12. The van der Waals surface area contributed by atoms with Gasteiger partial charge < -0.3 is 15.2 Å². The molecule has 0 aliphatic carbocycles. The summed E-state index contributed by atoms with van der Waals surface area (Å²) in [6.45, 7) is -3.19. The van der Waals surface area contributed by atoms with Crippen LogP contribution in [-0.4, -0.2) is 39.2 Å². The first-order valence-electron chi connectivity index (χ1n) is 9.60. The van der Waals surface area contributed by atoms with Gasteiger partial charge in [-0.05, 0) is 29.8 Å². The molecule has 168 valence electrons. The molecule has 0 saturated carbocycles. The zero-order valence-electron chi connectivity index (χ0n) is 17.8. The highest BCUT2D eigenvalue weighted by molar-refractivity contribution is 6.03. The number of nitriles is 1. The van der Waals surface area contributed by atoms with Gasteiger partial charge in [-0.1, -0.05) is 0 Å². The molecular weight excluding hydrogens is 434 g/mol. The van der Waals surface area contributed by atoms with E-state index in [0.717, 1.165) is 11.1 Å². The number of ether oxygens (including phenoxy) is 2. The molecule has 0 fully saturated rings. The number of halogens is 2. The number of hydrogen-bond acceptors (Lipinski definition) is 6. The van der Waals surface area contributed by atoms with Crippen molar-refractivity contribution in [1.82, 2.24) is 19.6 Å². The maximum absolute atomic E-state index is 13.0. The van der Waals surface area contributed by atoms with Crippen molar-refractivity contribution in [2.45, 2.75) is 6.61 Å². The number of alkyl halides is 2. The van der Waals surface area contributed by atoms with E-state index in [2.05, 4.69) is 21.0 Å². The van der Waals surface area contributed by atoms with E-state index in [1.807, 2.05) is 12.3 Å². The number of aryl methyl sites for hydroxylation is 2. The molecule has 0 radical (unpaired) electrons. The Balaban J connectivity index is 1.99. The van der Waals surface area contributed by atoms with Crippen molar-refractivity contribution in [3.63, 3.8) is 0 Å². The van der Waals surface area contributed by atoms with Gasteiger partial charge in [0.05, 0.1) is 36.1 Å². The van der Waals surface area contributed by atoms with Crippen molar-refractivity contribution in [3.8, 4) is 40.0 Å². The monoisotopic (exact) mass is 452 g/mol. The summed E-state index contributed by atoms with van der Waals surface area (Å²) in [5.74, 6) is -1.47. The van der Waals surface area contributed by atoms with Crippen LogP contribution in [0.2, 0.25) is 0 Å². The lowest BCUT2D eigenvalue weighted by atomic mass is 9.98. The highest BCUT2D eigenvalue weighted by Gasteiger charge is 2.24. The van der Waals surface area contributed by atoms with E-state index in [1.54, 1.807) is 31.0 Å². The summed E-state index contributed by atoms with van der Waals surface area (Å²) in [5.41, 5.74) is 8.25. The number of fused-ring (bicyclic) bond motifs is 1. The molecule has 1 amide bonds. The molecule has 33 heavy (non-hydrogen) atoms. The van der Waals surface area contributed by atoms with Gasteiger partial charge in [-0.15, -0.1) is 0 Å². The molecule has 0 saturated heterocycles. The second-order valence-corrected chi connectivity index (χ2v) is 7.20. The molecule has 11 heteroatoms. The number of methoxy groups -OCH3 is 1. The van der Waals surface area contributed by atoms with Gasteiger partial charge in [0.15, 0.2) is 0 Å². The van der Waals surface area contributed by atoms with E-state index < -0.39 is 18.3 Å². The molecule has 2 aromatic carbocycles. The molecule has 0 bridgehead atoms. The van der Waals surface area contributed by atoms with E-state index in [-0.39, 0.29) is 11.3 Å². The summed E-state index contributed by atoms with van der Waals surface area (Å²) in [6.07, 6.45) is 3.49. The molecule has 4 rings (SSSR count). The first-order chi connectivity index (χ1) is 15.7. The van der Waals surface area contributed by atoms with Crippen LogP contribution in [0.15, 0.2) is 36.7 Å². The van der Waals surface area contributed by atoms with E-state index >= 15 is 0 Å². The average Bonchev–Trinajstić information content (AvgIpc) is 3.33. The number of hydrogen-bond donors (Lipinski definition) is 1. The number of carbonyl (C=O) groups is 1. The smallest absolute Gasteiger partial charge is 0.387 e. The second-order valence-electron chi connectivity index (χ2n) is 7.20. The summed E-state index contributed by atoms with van der Waals surface area (Å²) < 4.78 is 39.0. The molecule has 0 unspecified atom stereocenters. The average molecular weight is 452 g/mol. The lowest BCUT2D eigenvalue weighted by Gasteiger charge is -2.15. The quantitative estimate of drug-likeness (QED) is 0.480. The Bertz CT molecular complexity index is 1430. The van der Waals surface area contributed by atoms with Crippen LogP contribution < -0.4 is 15.2 Å². The van der Waals surface area contributed by atoms with Gasteiger partial charge in [-0.25, -0.2) is 0 Å². The van der Waals surface area contributed by atoms with Crippen molar-refractivity contribution < 1.29 is 23.0 Å². The maximum Gasteiger partial charge on any atom is 0.387 e. The zero-order valence-corrected chi connectivity index (χ0v) is 17.8. The summed E-state index contributed by atoms with van der Waals surface area (Å²) in [6, 6.07) is 8.41. The molecule has 0 aliphatic heterocycles. The first kappa shape index (κ1) is 21.8. The molecule has 4 aromatic rings. The number of nitrogens with zero attached hydrogens (tertiary/aromatic N) is 5. The van der Waals surface area contributed by atoms with Crippen LogP contribution in [0.5, 0.6) is 11.5 Å². The standard InChI is InChI=1S/C22H18F2N6O3/c1-29-10-14(9-27-29)11-4-13(8-25)18-15(5-11)28-30(2)20(18)12-6-16(32-3)19(21(26)31)17(7-12)33-22(23)24/h4-7,9-10,22H,1-3H3,(H2,26,31). The Morgan fingerprint density at radius 2 is 1.88 bits per heavy atom. The van der Waals surface area contributed by atoms with Crippen LogP contribution in [0.1, 0.15) is 15.9 Å². The SMILES string of the molecule is COc1cc(-c2c3c(C#N)cc(-c4cnn(C)c4)cc3nn2C)cc(OC(F)F)c1C(N)=O. The molecule has 2 N–H and O–H groups in total. The third kappa shape index (κ3) is 3.82. The molecule has 0 aliphatic rings. The Hall–Kier alpha value is -4.46. The van der Waals surface area contributed by atoms with Gasteiger partial charge in [0, 0.05) is 36.8 Å². The normalized spacial score (nSPS) is 11.1. The number of amides is 1. The lowest BCUT2D eigenvalue weighted by molar-refractivity contribution is -0.0502. The van der Waals surface area contributed by atoms with Crippen LogP contribution >= 0.6 is 0 Å². The number of nitrogens with two attached hydrogens (primary N) is 1. The fourth-order valence-electron chi connectivity index (χ4n) is 3.80. The number of benzene rings is 2. The van der Waals surface area contributed by atoms with Crippen molar-refractivity contribution in [1.29, 1.82) is 5.26 Å². The largest absolute Gasteiger partial charge is 0.496 e. The van der Waals surface area contributed by atoms with Crippen LogP contribution in [0, 0.1) is 11.3 Å². The second kappa shape index (κ2) is 8.23.